The van der Waals surface area contributed by atoms with E-state index >= 15 is 0 Å². The number of benzene rings is 2. The van der Waals surface area contributed by atoms with E-state index in [1.54, 1.807) is 12.1 Å². The molecule has 0 bridgehead atoms. The standard InChI is InChI=1S/C30H26N4O3/c1-2-7-28-31-25-10-5-6-11-26(35)29(25)34(28)18-19-12-15-23-21(16-19)14-13-20-8-3-4-9-22(20)24(23)17-27-32-30(36)37-33-27/h3-6,8-12,15-17H,2,7,13-14,18H2,1H3,(H,32,33,36)/b24-17-. The number of imidazole rings is 1. The van der Waals surface area contributed by atoms with Crippen LogP contribution in [0.1, 0.15) is 52.8 Å². The van der Waals surface area contributed by atoms with Crippen LogP contribution in [0.3, 0.4) is 0 Å². The zero-order valence-corrected chi connectivity index (χ0v) is 20.5. The molecule has 5 aromatic rings. The number of fused-ring (bicyclic) bond motifs is 3. The Kier molecular flexibility index (Phi) is 5.88. The number of aromatic amines is 1. The Hall–Kier alpha value is -4.52. The summed E-state index contributed by atoms with van der Waals surface area (Å²) in [5.74, 6) is 0.737. The Balaban J connectivity index is 1.47. The van der Waals surface area contributed by atoms with Crippen molar-refractivity contribution in [1.82, 2.24) is 19.7 Å². The Morgan fingerprint density at radius 2 is 1.76 bits per heavy atom. The van der Waals surface area contributed by atoms with Gasteiger partial charge in [0.25, 0.3) is 0 Å². The van der Waals surface area contributed by atoms with Crippen LogP contribution < -0.4 is 11.2 Å². The first-order valence-electron chi connectivity index (χ1n) is 12.6. The van der Waals surface area contributed by atoms with Gasteiger partial charge in [0.1, 0.15) is 11.3 Å². The molecule has 7 heteroatoms. The lowest BCUT2D eigenvalue weighted by Crippen LogP contribution is -2.10. The van der Waals surface area contributed by atoms with Crippen molar-refractivity contribution in [3.8, 4) is 0 Å². The average Bonchev–Trinajstić information content (AvgIpc) is 3.35. The van der Waals surface area contributed by atoms with E-state index in [9.17, 15) is 9.59 Å². The molecule has 0 spiro atoms. The van der Waals surface area contributed by atoms with Gasteiger partial charge in [0.15, 0.2) is 5.82 Å². The molecular formula is C30H26N4O3. The van der Waals surface area contributed by atoms with Gasteiger partial charge in [0.2, 0.25) is 5.43 Å². The molecule has 0 radical (unpaired) electrons. The summed E-state index contributed by atoms with van der Waals surface area (Å²) in [6, 6.07) is 22.0. The molecule has 0 amide bonds. The molecule has 0 saturated carbocycles. The van der Waals surface area contributed by atoms with Gasteiger partial charge in [-0.15, -0.1) is 0 Å². The minimum atomic E-state index is -0.578. The number of rotatable bonds is 5. The zero-order valence-electron chi connectivity index (χ0n) is 20.5. The highest BCUT2D eigenvalue weighted by molar-refractivity contribution is 5.93. The second-order valence-corrected chi connectivity index (χ2v) is 9.37. The van der Waals surface area contributed by atoms with Crippen molar-refractivity contribution >= 4 is 22.7 Å². The highest BCUT2D eigenvalue weighted by Crippen LogP contribution is 2.35. The van der Waals surface area contributed by atoms with E-state index in [1.807, 2.05) is 24.3 Å². The van der Waals surface area contributed by atoms with E-state index in [0.29, 0.717) is 17.9 Å². The summed E-state index contributed by atoms with van der Waals surface area (Å²) in [6.07, 6.45) is 5.40. The zero-order chi connectivity index (χ0) is 25.4. The first-order chi connectivity index (χ1) is 18.1. The normalized spacial score (nSPS) is 13.9. The second kappa shape index (κ2) is 9.50. The van der Waals surface area contributed by atoms with Crippen LogP contribution in [0, 0.1) is 0 Å². The summed E-state index contributed by atoms with van der Waals surface area (Å²) >= 11 is 0. The van der Waals surface area contributed by atoms with E-state index in [1.165, 1.54) is 11.1 Å². The number of nitrogens with one attached hydrogen (secondary N) is 1. The fourth-order valence-electron chi connectivity index (χ4n) is 5.26. The molecular weight excluding hydrogens is 464 g/mol. The Morgan fingerprint density at radius 3 is 2.59 bits per heavy atom. The number of aromatic nitrogens is 4. The average molecular weight is 491 g/mol. The maximum atomic E-state index is 12.9. The maximum Gasteiger partial charge on any atom is 0.439 e. The minimum Gasteiger partial charge on any atom is -0.320 e. The Labute approximate surface area is 213 Å². The molecule has 2 heterocycles. The minimum absolute atomic E-state index is 0.0214. The largest absolute Gasteiger partial charge is 0.439 e. The third kappa shape index (κ3) is 4.33. The summed E-state index contributed by atoms with van der Waals surface area (Å²) in [6.45, 7) is 2.69. The molecule has 0 unspecified atom stereocenters. The molecule has 0 fully saturated rings. The molecule has 7 nitrogen and oxygen atoms in total. The van der Waals surface area contributed by atoms with Crippen molar-refractivity contribution in [1.29, 1.82) is 0 Å². The van der Waals surface area contributed by atoms with Gasteiger partial charge >= 0.3 is 5.76 Å². The maximum absolute atomic E-state index is 12.9. The van der Waals surface area contributed by atoms with Gasteiger partial charge in [0.05, 0.1) is 5.52 Å². The van der Waals surface area contributed by atoms with Gasteiger partial charge in [-0.3, -0.25) is 14.3 Å². The van der Waals surface area contributed by atoms with Crippen LogP contribution in [0.15, 0.2) is 80.8 Å². The SMILES string of the molecule is CCCc1nc2ccccc(=O)c2n1Cc1ccc2c(c1)CCc1ccccc1/C2=C/c1noc(=O)[nH]1. The number of H-pyrrole nitrogens is 1. The molecule has 1 N–H and O–H groups in total. The van der Waals surface area contributed by atoms with Gasteiger partial charge in [0, 0.05) is 13.0 Å². The summed E-state index contributed by atoms with van der Waals surface area (Å²) < 4.78 is 6.81. The first kappa shape index (κ1) is 22.9. The van der Waals surface area contributed by atoms with Crippen molar-refractivity contribution < 1.29 is 4.52 Å². The summed E-state index contributed by atoms with van der Waals surface area (Å²) in [4.78, 5) is 31.9. The molecule has 0 aliphatic heterocycles. The van der Waals surface area contributed by atoms with E-state index in [4.69, 9.17) is 9.51 Å². The molecule has 0 atom stereocenters. The van der Waals surface area contributed by atoms with Crippen molar-refractivity contribution in [3.63, 3.8) is 0 Å². The van der Waals surface area contributed by atoms with Crippen LogP contribution >= 0.6 is 0 Å². The fraction of sp³-hybridized carbons (Fsp3) is 0.200. The van der Waals surface area contributed by atoms with Crippen LogP contribution in [-0.4, -0.2) is 19.7 Å². The van der Waals surface area contributed by atoms with Gasteiger partial charge in [-0.1, -0.05) is 66.7 Å². The van der Waals surface area contributed by atoms with Crippen molar-refractivity contribution in [2.45, 2.75) is 39.2 Å². The lowest BCUT2D eigenvalue weighted by atomic mass is 9.92. The second-order valence-electron chi connectivity index (χ2n) is 9.37. The fourth-order valence-corrected chi connectivity index (χ4v) is 5.26. The van der Waals surface area contributed by atoms with Crippen LogP contribution in [-0.2, 0) is 25.8 Å². The third-order valence-electron chi connectivity index (χ3n) is 6.90. The van der Waals surface area contributed by atoms with Crippen LogP contribution in [0.2, 0.25) is 0 Å². The molecule has 3 aromatic carbocycles. The molecule has 6 rings (SSSR count). The van der Waals surface area contributed by atoms with E-state index in [-0.39, 0.29) is 5.43 Å². The van der Waals surface area contributed by atoms with Crippen molar-refractivity contribution in [2.75, 3.05) is 0 Å². The Bertz CT molecular complexity index is 1770. The quantitative estimate of drug-likeness (QED) is 0.383. The summed E-state index contributed by atoms with van der Waals surface area (Å²) in [5.41, 5.74) is 8.12. The lowest BCUT2D eigenvalue weighted by Gasteiger charge is -2.14. The van der Waals surface area contributed by atoms with Gasteiger partial charge < -0.3 is 4.57 Å². The number of hydrogen-bond acceptors (Lipinski definition) is 5. The Morgan fingerprint density at radius 1 is 0.973 bits per heavy atom. The van der Waals surface area contributed by atoms with Gasteiger partial charge in [-0.05, 0) is 70.9 Å². The monoisotopic (exact) mass is 490 g/mol. The smallest absolute Gasteiger partial charge is 0.320 e. The lowest BCUT2D eigenvalue weighted by molar-refractivity contribution is 0.385. The number of hydrogen-bond donors (Lipinski definition) is 1. The third-order valence-corrected chi connectivity index (χ3v) is 6.90. The van der Waals surface area contributed by atoms with E-state index in [0.717, 1.165) is 59.3 Å². The van der Waals surface area contributed by atoms with E-state index in [2.05, 4.69) is 58.0 Å². The van der Waals surface area contributed by atoms with Crippen LogP contribution in [0.5, 0.6) is 0 Å². The molecule has 1 aliphatic carbocycles. The van der Waals surface area contributed by atoms with Gasteiger partial charge in [-0.25, -0.2) is 9.78 Å². The number of aryl methyl sites for hydroxylation is 3. The topological polar surface area (TPSA) is 93.8 Å². The molecule has 37 heavy (non-hydrogen) atoms. The highest BCUT2D eigenvalue weighted by atomic mass is 16.5. The molecule has 1 aliphatic rings. The van der Waals surface area contributed by atoms with Crippen LogP contribution in [0.25, 0.3) is 22.7 Å². The van der Waals surface area contributed by atoms with Gasteiger partial charge in [-0.2, -0.15) is 0 Å². The summed E-state index contributed by atoms with van der Waals surface area (Å²) in [7, 11) is 0. The molecule has 0 saturated heterocycles. The molecule has 2 aromatic heterocycles. The predicted octanol–water partition coefficient (Wildman–Crippen LogP) is 4.76. The summed E-state index contributed by atoms with van der Waals surface area (Å²) in [5, 5.41) is 3.86. The van der Waals surface area contributed by atoms with E-state index < -0.39 is 5.76 Å². The van der Waals surface area contributed by atoms with Crippen molar-refractivity contribution in [3.05, 3.63) is 127 Å². The molecule has 184 valence electrons. The van der Waals surface area contributed by atoms with Crippen molar-refractivity contribution in [2.24, 2.45) is 0 Å². The number of nitrogens with zero attached hydrogens (tertiary/aromatic N) is 3. The first-order valence-corrected chi connectivity index (χ1v) is 12.6. The highest BCUT2D eigenvalue weighted by Gasteiger charge is 2.20. The van der Waals surface area contributed by atoms with Crippen LogP contribution in [0.4, 0.5) is 0 Å². The predicted molar refractivity (Wildman–Crippen MR) is 143 cm³/mol.